The van der Waals surface area contributed by atoms with Crippen LogP contribution in [0.2, 0.25) is 0 Å². The fourth-order valence-electron chi connectivity index (χ4n) is 7.31. The van der Waals surface area contributed by atoms with Gasteiger partial charge < -0.3 is 9.47 Å². The lowest BCUT2D eigenvalue weighted by Crippen LogP contribution is -2.35. The van der Waals surface area contributed by atoms with Crippen molar-refractivity contribution in [1.29, 1.82) is 0 Å². The molecule has 0 N–H and O–H groups in total. The molecule has 0 spiro atoms. The molecule has 0 amide bonds. The van der Waals surface area contributed by atoms with Gasteiger partial charge in [0.2, 0.25) is 0 Å². The molecule has 0 heterocycles. The Hall–Kier alpha value is -1.58. The molecule has 3 fully saturated rings. The van der Waals surface area contributed by atoms with Gasteiger partial charge >= 0.3 is 5.97 Å². The van der Waals surface area contributed by atoms with Crippen molar-refractivity contribution < 1.29 is 18.7 Å². The quantitative estimate of drug-likeness (QED) is 0.206. The van der Waals surface area contributed by atoms with E-state index in [-0.39, 0.29) is 23.4 Å². The van der Waals surface area contributed by atoms with E-state index in [0.717, 1.165) is 55.3 Å². The number of carbonyl (C=O) groups excluding carboxylic acids is 1. The molecule has 34 heavy (non-hydrogen) atoms. The predicted molar refractivity (Wildman–Crippen MR) is 134 cm³/mol. The first-order valence-corrected chi connectivity index (χ1v) is 14.1. The van der Waals surface area contributed by atoms with Crippen molar-refractivity contribution in [2.45, 2.75) is 103 Å². The highest BCUT2D eigenvalue weighted by Gasteiger charge is 2.39. The fraction of sp³-hybridized carbons (Fsp3) is 0.767. The number of fused-ring (bicyclic) bond motifs is 1. The molecule has 0 radical (unpaired) electrons. The van der Waals surface area contributed by atoms with Gasteiger partial charge in [-0.05, 0) is 99.5 Å². The Morgan fingerprint density at radius 1 is 0.882 bits per heavy atom. The first-order valence-electron chi connectivity index (χ1n) is 14.1. The Kier molecular flexibility index (Phi) is 9.31. The van der Waals surface area contributed by atoms with Crippen LogP contribution in [0.15, 0.2) is 18.2 Å². The monoisotopic (exact) mass is 472 g/mol. The van der Waals surface area contributed by atoms with Gasteiger partial charge in [-0.1, -0.05) is 45.4 Å². The lowest BCUT2D eigenvalue weighted by Gasteiger charge is -2.45. The van der Waals surface area contributed by atoms with Gasteiger partial charge in [0.1, 0.15) is 5.75 Å². The van der Waals surface area contributed by atoms with Crippen LogP contribution < -0.4 is 9.47 Å². The molecule has 3 saturated carbocycles. The summed E-state index contributed by atoms with van der Waals surface area (Å²) in [6, 6.07) is 4.34. The molecule has 3 aliphatic carbocycles. The number of hydrogen-bond donors (Lipinski definition) is 0. The summed E-state index contributed by atoms with van der Waals surface area (Å²) in [5.74, 6) is 4.24. The summed E-state index contributed by atoms with van der Waals surface area (Å²) >= 11 is 0. The number of carbonyl (C=O) groups is 1. The standard InChI is InChI=1S/C30H45FO3/c1-3-4-5-6-7-21-8-9-26-19-25(15-14-24(26)18-21)22-10-12-23(13-11-22)30(32)34-27-16-17-29(33-2)28(31)20-27/h16-17,20-26H,3-15,18-19H2,1-2H3. The Morgan fingerprint density at radius 3 is 2.26 bits per heavy atom. The molecule has 1 aromatic rings. The Morgan fingerprint density at radius 2 is 1.56 bits per heavy atom. The van der Waals surface area contributed by atoms with Crippen molar-refractivity contribution >= 4 is 5.97 Å². The van der Waals surface area contributed by atoms with E-state index in [1.54, 1.807) is 6.07 Å². The summed E-state index contributed by atoms with van der Waals surface area (Å²) < 4.78 is 24.3. The lowest BCUT2D eigenvalue weighted by atomic mass is 9.60. The van der Waals surface area contributed by atoms with Crippen molar-refractivity contribution in [2.75, 3.05) is 7.11 Å². The van der Waals surface area contributed by atoms with E-state index < -0.39 is 5.82 Å². The van der Waals surface area contributed by atoms with E-state index in [0.29, 0.717) is 0 Å². The molecule has 4 atom stereocenters. The van der Waals surface area contributed by atoms with Crippen molar-refractivity contribution in [3.8, 4) is 11.5 Å². The number of esters is 1. The van der Waals surface area contributed by atoms with Crippen LogP contribution in [0, 0.1) is 41.3 Å². The minimum absolute atomic E-state index is 0.0547. The zero-order valence-electron chi connectivity index (χ0n) is 21.4. The smallest absolute Gasteiger partial charge is 0.314 e. The van der Waals surface area contributed by atoms with E-state index in [4.69, 9.17) is 9.47 Å². The van der Waals surface area contributed by atoms with E-state index >= 15 is 0 Å². The number of rotatable bonds is 9. The second kappa shape index (κ2) is 12.4. The first-order chi connectivity index (χ1) is 16.6. The van der Waals surface area contributed by atoms with Gasteiger partial charge in [0.05, 0.1) is 13.0 Å². The SMILES string of the molecule is CCCCCCC1CCC2CC(C3CCC(C(=O)Oc4ccc(OC)c(F)c4)CC3)CCC2C1. The molecule has 4 heteroatoms. The van der Waals surface area contributed by atoms with Gasteiger partial charge in [0.15, 0.2) is 11.6 Å². The van der Waals surface area contributed by atoms with Gasteiger partial charge in [0, 0.05) is 6.07 Å². The highest BCUT2D eigenvalue weighted by atomic mass is 19.1. The molecule has 1 aromatic carbocycles. The van der Waals surface area contributed by atoms with E-state index in [1.165, 1.54) is 89.9 Å². The minimum Gasteiger partial charge on any atom is -0.494 e. The highest BCUT2D eigenvalue weighted by Crippen LogP contribution is 2.49. The van der Waals surface area contributed by atoms with Crippen LogP contribution >= 0.6 is 0 Å². The number of ether oxygens (including phenoxy) is 2. The second-order valence-electron chi connectivity index (χ2n) is 11.5. The Labute approximate surface area is 206 Å². The third-order valence-corrected chi connectivity index (χ3v) is 9.34. The van der Waals surface area contributed by atoms with Crippen molar-refractivity contribution in [3.63, 3.8) is 0 Å². The zero-order chi connectivity index (χ0) is 23.9. The summed E-state index contributed by atoms with van der Waals surface area (Å²) in [5, 5.41) is 0. The number of unbranched alkanes of at least 4 members (excludes halogenated alkanes) is 3. The summed E-state index contributed by atoms with van der Waals surface area (Å²) in [5.41, 5.74) is 0. The van der Waals surface area contributed by atoms with Crippen LogP contribution in [-0.2, 0) is 4.79 Å². The van der Waals surface area contributed by atoms with Crippen molar-refractivity contribution in [1.82, 2.24) is 0 Å². The van der Waals surface area contributed by atoms with Crippen LogP contribution in [0.3, 0.4) is 0 Å². The molecule has 190 valence electrons. The van der Waals surface area contributed by atoms with Gasteiger partial charge in [-0.3, -0.25) is 4.79 Å². The van der Waals surface area contributed by atoms with Crippen LogP contribution in [0.1, 0.15) is 103 Å². The maximum Gasteiger partial charge on any atom is 0.314 e. The number of methoxy groups -OCH3 is 1. The summed E-state index contributed by atoms with van der Waals surface area (Å²) in [4.78, 5) is 12.7. The average molecular weight is 473 g/mol. The van der Waals surface area contributed by atoms with E-state index in [2.05, 4.69) is 6.92 Å². The van der Waals surface area contributed by atoms with Crippen LogP contribution in [-0.4, -0.2) is 13.1 Å². The number of benzene rings is 1. The van der Waals surface area contributed by atoms with Crippen molar-refractivity contribution in [3.05, 3.63) is 24.0 Å². The average Bonchev–Trinajstić information content (AvgIpc) is 2.86. The van der Waals surface area contributed by atoms with E-state index in [1.807, 2.05) is 0 Å². The normalized spacial score (nSPS) is 31.5. The van der Waals surface area contributed by atoms with E-state index in [9.17, 15) is 9.18 Å². The minimum atomic E-state index is -0.502. The maximum absolute atomic E-state index is 13.9. The Balaban J connectivity index is 1.19. The predicted octanol–water partition coefficient (Wildman–Crippen LogP) is 8.35. The fourth-order valence-corrected chi connectivity index (χ4v) is 7.31. The molecule has 0 saturated heterocycles. The topological polar surface area (TPSA) is 35.5 Å². The maximum atomic E-state index is 13.9. The van der Waals surface area contributed by atoms with Gasteiger partial charge in [0.25, 0.3) is 0 Å². The summed E-state index contributed by atoms with van der Waals surface area (Å²) in [7, 11) is 1.43. The number of hydrogen-bond acceptors (Lipinski definition) is 3. The highest BCUT2D eigenvalue weighted by molar-refractivity contribution is 5.75. The molecule has 4 rings (SSSR count). The molecule has 4 unspecified atom stereocenters. The second-order valence-corrected chi connectivity index (χ2v) is 11.5. The van der Waals surface area contributed by atoms with Gasteiger partial charge in [-0.2, -0.15) is 0 Å². The molecule has 3 aliphatic rings. The molecule has 0 bridgehead atoms. The third-order valence-electron chi connectivity index (χ3n) is 9.34. The lowest BCUT2D eigenvalue weighted by molar-refractivity contribution is -0.140. The van der Waals surface area contributed by atoms with Crippen LogP contribution in [0.25, 0.3) is 0 Å². The van der Waals surface area contributed by atoms with Crippen LogP contribution in [0.5, 0.6) is 11.5 Å². The molecule has 3 nitrogen and oxygen atoms in total. The molecular formula is C30H45FO3. The largest absolute Gasteiger partial charge is 0.494 e. The third kappa shape index (κ3) is 6.55. The van der Waals surface area contributed by atoms with Gasteiger partial charge in [-0.25, -0.2) is 4.39 Å². The molecule has 0 aliphatic heterocycles. The molecular weight excluding hydrogens is 427 g/mol. The summed E-state index contributed by atoms with van der Waals surface area (Å²) in [6.45, 7) is 2.30. The Bertz CT molecular complexity index is 785. The number of halogens is 1. The van der Waals surface area contributed by atoms with Gasteiger partial charge in [-0.15, -0.1) is 0 Å². The first kappa shape index (κ1) is 25.5. The van der Waals surface area contributed by atoms with Crippen LogP contribution in [0.4, 0.5) is 4.39 Å². The summed E-state index contributed by atoms with van der Waals surface area (Å²) in [6.07, 6.45) is 19.8. The zero-order valence-corrected chi connectivity index (χ0v) is 21.4. The molecule has 0 aromatic heterocycles. The van der Waals surface area contributed by atoms with Crippen molar-refractivity contribution in [2.24, 2.45) is 35.5 Å².